The van der Waals surface area contributed by atoms with Crippen molar-refractivity contribution in [2.75, 3.05) is 18.8 Å². The van der Waals surface area contributed by atoms with Crippen molar-refractivity contribution < 1.29 is 9.18 Å². The molecule has 8 nitrogen and oxygen atoms in total. The zero-order chi connectivity index (χ0) is 23.4. The molecule has 170 valence electrons. The van der Waals surface area contributed by atoms with Crippen molar-refractivity contribution in [3.63, 3.8) is 0 Å². The van der Waals surface area contributed by atoms with Gasteiger partial charge in [-0.25, -0.2) is 19.3 Å². The number of nitrogens with two attached hydrogens (primary N) is 1. The van der Waals surface area contributed by atoms with Gasteiger partial charge in [-0.05, 0) is 37.3 Å². The third-order valence-electron chi connectivity index (χ3n) is 6.57. The van der Waals surface area contributed by atoms with Crippen LogP contribution in [-0.4, -0.2) is 47.8 Å². The minimum Gasteiger partial charge on any atom is -0.382 e. The van der Waals surface area contributed by atoms with Gasteiger partial charge in [0, 0.05) is 43.5 Å². The maximum atomic E-state index is 14.9. The number of benzene rings is 1. The van der Waals surface area contributed by atoms with E-state index in [4.69, 9.17) is 10.7 Å². The van der Waals surface area contributed by atoms with Gasteiger partial charge < -0.3 is 15.2 Å². The number of nitrogen functional groups attached to an aromatic ring is 1. The summed E-state index contributed by atoms with van der Waals surface area (Å²) in [6.45, 7) is 4.73. The zero-order valence-corrected chi connectivity index (χ0v) is 18.4. The van der Waals surface area contributed by atoms with E-state index in [0.717, 1.165) is 30.6 Å². The minimum absolute atomic E-state index is 0.0215. The van der Waals surface area contributed by atoms with Crippen LogP contribution in [0.3, 0.4) is 0 Å². The monoisotopic (exact) mass is 455 g/mol. The van der Waals surface area contributed by atoms with Crippen molar-refractivity contribution in [2.45, 2.75) is 31.2 Å². The van der Waals surface area contributed by atoms with E-state index in [1.807, 2.05) is 8.97 Å². The number of nitrogens with zero attached hydrogens (tertiary/aromatic N) is 6. The van der Waals surface area contributed by atoms with E-state index < -0.39 is 5.82 Å². The molecule has 1 aliphatic heterocycles. The second-order valence-corrected chi connectivity index (χ2v) is 8.78. The summed E-state index contributed by atoms with van der Waals surface area (Å²) in [5.41, 5.74) is 8.93. The van der Waals surface area contributed by atoms with Crippen LogP contribution in [0.2, 0.25) is 0 Å². The normalized spacial score (nSPS) is 17.8. The summed E-state index contributed by atoms with van der Waals surface area (Å²) >= 11 is 0. The van der Waals surface area contributed by atoms with Crippen molar-refractivity contribution in [3.8, 4) is 11.8 Å². The first-order valence-electron chi connectivity index (χ1n) is 11.3. The molecule has 0 radical (unpaired) electrons. The standard InChI is InChI=1S/C25H22FN7O/c1-2-22(34)31-9-7-16(13-31)25-30-19(23-24(27)28-8-10-32(23)25)6-3-15-11-20-21(12-18(15)26)33(14-29-20)17-4-5-17/h2,8,10-12,14,16-17H,1,4-5,7,9,13H2,(H2,27,28). The number of carbonyl (C=O) groups is 1. The summed E-state index contributed by atoms with van der Waals surface area (Å²) in [6.07, 6.45) is 9.44. The van der Waals surface area contributed by atoms with E-state index in [-0.39, 0.29) is 17.4 Å². The second kappa shape index (κ2) is 7.70. The minimum atomic E-state index is -0.397. The molecule has 1 saturated carbocycles. The first-order valence-corrected chi connectivity index (χ1v) is 11.3. The van der Waals surface area contributed by atoms with Gasteiger partial charge >= 0.3 is 0 Å². The predicted molar refractivity (Wildman–Crippen MR) is 125 cm³/mol. The van der Waals surface area contributed by atoms with Crippen LogP contribution in [0.4, 0.5) is 10.2 Å². The number of hydrogen-bond acceptors (Lipinski definition) is 5. The van der Waals surface area contributed by atoms with Crippen LogP contribution in [0, 0.1) is 17.7 Å². The average molecular weight is 455 g/mol. The third kappa shape index (κ3) is 3.30. The van der Waals surface area contributed by atoms with Crippen LogP contribution in [0.15, 0.2) is 43.5 Å². The summed E-state index contributed by atoms with van der Waals surface area (Å²) < 4.78 is 18.8. The van der Waals surface area contributed by atoms with Crippen molar-refractivity contribution in [1.82, 2.24) is 28.8 Å². The SMILES string of the molecule is C=CC(=O)N1CCC(c2nc(C#Cc3cc4ncn(C5CC5)c4cc3F)c3c(N)nccn23)C1. The molecule has 1 amide bonds. The largest absolute Gasteiger partial charge is 0.382 e. The van der Waals surface area contributed by atoms with Crippen molar-refractivity contribution in [2.24, 2.45) is 0 Å². The molecular formula is C25H22FN7O. The quantitative estimate of drug-likeness (QED) is 0.379. The summed E-state index contributed by atoms with van der Waals surface area (Å²) in [5, 5.41) is 0. The Labute approximate surface area is 194 Å². The van der Waals surface area contributed by atoms with Gasteiger partial charge in [0.2, 0.25) is 5.91 Å². The number of carbonyl (C=O) groups excluding carboxylic acids is 1. The molecule has 0 bridgehead atoms. The lowest BCUT2D eigenvalue weighted by Crippen LogP contribution is -2.26. The highest BCUT2D eigenvalue weighted by Crippen LogP contribution is 2.37. The molecule has 0 spiro atoms. The number of imidazole rings is 2. The molecule has 4 aromatic rings. The fourth-order valence-electron chi connectivity index (χ4n) is 4.68. The van der Waals surface area contributed by atoms with Gasteiger partial charge in [0.1, 0.15) is 22.9 Å². The summed E-state index contributed by atoms with van der Waals surface area (Å²) in [5.74, 6) is 6.51. The molecule has 1 unspecified atom stereocenters. The van der Waals surface area contributed by atoms with Crippen LogP contribution < -0.4 is 5.73 Å². The lowest BCUT2D eigenvalue weighted by Gasteiger charge is -2.13. The van der Waals surface area contributed by atoms with Gasteiger partial charge in [0.15, 0.2) is 5.82 Å². The Morgan fingerprint density at radius 3 is 2.88 bits per heavy atom. The fraction of sp³-hybridized carbons (Fsp3) is 0.280. The van der Waals surface area contributed by atoms with E-state index in [2.05, 4.69) is 28.4 Å². The summed E-state index contributed by atoms with van der Waals surface area (Å²) in [4.78, 5) is 27.1. The predicted octanol–water partition coefficient (Wildman–Crippen LogP) is 3.04. The molecule has 34 heavy (non-hydrogen) atoms. The van der Waals surface area contributed by atoms with Crippen LogP contribution >= 0.6 is 0 Å². The van der Waals surface area contributed by atoms with Crippen molar-refractivity contribution in [1.29, 1.82) is 0 Å². The lowest BCUT2D eigenvalue weighted by atomic mass is 10.1. The molecule has 4 heterocycles. The van der Waals surface area contributed by atoms with Gasteiger partial charge in [0.05, 0.1) is 22.9 Å². The summed E-state index contributed by atoms with van der Waals surface area (Å²) in [7, 11) is 0. The Bertz CT molecular complexity index is 1540. The molecule has 2 fully saturated rings. The Morgan fingerprint density at radius 1 is 1.24 bits per heavy atom. The van der Waals surface area contributed by atoms with Gasteiger partial charge in [-0.15, -0.1) is 0 Å². The van der Waals surface area contributed by atoms with E-state index in [0.29, 0.717) is 41.7 Å². The maximum absolute atomic E-state index is 14.9. The molecular weight excluding hydrogens is 433 g/mol. The molecule has 1 aliphatic carbocycles. The molecule has 1 aromatic carbocycles. The van der Waals surface area contributed by atoms with Gasteiger partial charge in [-0.1, -0.05) is 12.5 Å². The van der Waals surface area contributed by atoms with E-state index in [9.17, 15) is 9.18 Å². The van der Waals surface area contributed by atoms with E-state index >= 15 is 0 Å². The molecule has 6 rings (SSSR count). The average Bonchev–Trinajstić information content (AvgIpc) is 3.25. The Kier molecular flexibility index (Phi) is 4.62. The first-order chi connectivity index (χ1) is 16.5. The van der Waals surface area contributed by atoms with Crippen LogP contribution in [-0.2, 0) is 4.79 Å². The molecule has 3 aromatic heterocycles. The van der Waals surface area contributed by atoms with Gasteiger partial charge in [-0.3, -0.25) is 9.20 Å². The Morgan fingerprint density at radius 2 is 2.09 bits per heavy atom. The number of amides is 1. The topological polar surface area (TPSA) is 94.3 Å². The number of fused-ring (bicyclic) bond motifs is 2. The molecule has 9 heteroatoms. The maximum Gasteiger partial charge on any atom is 0.245 e. The number of hydrogen-bond donors (Lipinski definition) is 1. The lowest BCUT2D eigenvalue weighted by molar-refractivity contribution is -0.125. The molecule has 1 saturated heterocycles. The van der Waals surface area contributed by atoms with Crippen LogP contribution in [0.5, 0.6) is 0 Å². The Balaban J connectivity index is 1.39. The third-order valence-corrected chi connectivity index (χ3v) is 6.57. The number of anilines is 1. The van der Waals surface area contributed by atoms with Crippen molar-refractivity contribution in [3.05, 3.63) is 66.4 Å². The number of halogens is 1. The van der Waals surface area contributed by atoms with Gasteiger partial charge in [0.25, 0.3) is 0 Å². The fourth-order valence-corrected chi connectivity index (χ4v) is 4.68. The van der Waals surface area contributed by atoms with Gasteiger partial charge in [-0.2, -0.15) is 0 Å². The highest BCUT2D eigenvalue weighted by molar-refractivity contribution is 5.87. The van der Waals surface area contributed by atoms with Crippen molar-refractivity contribution >= 4 is 28.3 Å². The molecule has 2 N–H and O–H groups in total. The number of likely N-dealkylation sites (tertiary alicyclic amines) is 1. The zero-order valence-electron chi connectivity index (χ0n) is 18.4. The number of aromatic nitrogens is 5. The molecule has 2 aliphatic rings. The van der Waals surface area contributed by atoms with Crippen LogP contribution in [0.25, 0.3) is 16.6 Å². The highest BCUT2D eigenvalue weighted by Gasteiger charge is 2.30. The number of rotatable bonds is 3. The first kappa shape index (κ1) is 20.4. The Hall–Kier alpha value is -4.19. The van der Waals surface area contributed by atoms with Crippen LogP contribution in [0.1, 0.15) is 48.3 Å². The molecule has 1 atom stereocenters. The van der Waals surface area contributed by atoms with E-state index in [1.165, 1.54) is 12.1 Å². The summed E-state index contributed by atoms with van der Waals surface area (Å²) in [6, 6.07) is 3.59. The smallest absolute Gasteiger partial charge is 0.245 e. The highest BCUT2D eigenvalue weighted by atomic mass is 19.1. The second-order valence-electron chi connectivity index (χ2n) is 8.78. The van der Waals surface area contributed by atoms with E-state index in [1.54, 1.807) is 29.7 Å².